The average Bonchev–Trinajstić information content (AvgIpc) is 2.46. The van der Waals surface area contributed by atoms with E-state index in [1.807, 2.05) is 12.1 Å². The maximum absolute atomic E-state index is 12.4. The summed E-state index contributed by atoms with van der Waals surface area (Å²) in [5.74, 6) is -0.871. The molecule has 1 fully saturated rings. The fraction of sp³-hybridized carbons (Fsp3) is 0.600. The van der Waals surface area contributed by atoms with E-state index in [0.29, 0.717) is 4.90 Å². The van der Waals surface area contributed by atoms with Crippen LogP contribution in [0, 0.1) is 0 Å². The van der Waals surface area contributed by atoms with E-state index in [1.165, 1.54) is 0 Å². The van der Waals surface area contributed by atoms with E-state index in [1.54, 1.807) is 19.2 Å². The number of rotatable bonds is 5. The predicted molar refractivity (Wildman–Crippen MR) is 79.9 cm³/mol. The third-order valence-electron chi connectivity index (χ3n) is 3.62. The van der Waals surface area contributed by atoms with Gasteiger partial charge >= 0.3 is 6.18 Å². The molecule has 0 radical (unpaired) electrons. The van der Waals surface area contributed by atoms with Crippen molar-refractivity contribution < 1.29 is 17.9 Å². The van der Waals surface area contributed by atoms with Gasteiger partial charge in [0.2, 0.25) is 0 Å². The maximum Gasteiger partial charge on any atom is 0.398 e. The van der Waals surface area contributed by atoms with Crippen molar-refractivity contribution in [2.75, 3.05) is 18.2 Å². The second-order valence-electron chi connectivity index (χ2n) is 5.21. The lowest BCUT2D eigenvalue weighted by molar-refractivity contribution is -0.105. The highest BCUT2D eigenvalue weighted by Crippen LogP contribution is 2.34. The van der Waals surface area contributed by atoms with Crippen molar-refractivity contribution in [3.05, 3.63) is 24.3 Å². The van der Waals surface area contributed by atoms with Gasteiger partial charge in [-0.25, -0.2) is 0 Å². The van der Waals surface area contributed by atoms with E-state index in [4.69, 9.17) is 4.74 Å². The molecule has 1 aromatic carbocycles. The molecule has 2 rings (SSSR count). The zero-order chi connectivity index (χ0) is 15.3. The van der Waals surface area contributed by atoms with Crippen LogP contribution in [-0.2, 0) is 4.74 Å². The van der Waals surface area contributed by atoms with Gasteiger partial charge in [0.25, 0.3) is 0 Å². The molecule has 2 atom stereocenters. The monoisotopic (exact) mass is 319 g/mol. The first-order valence-corrected chi connectivity index (χ1v) is 8.06. The molecule has 0 aliphatic heterocycles. The van der Waals surface area contributed by atoms with E-state index in [9.17, 15) is 13.2 Å². The zero-order valence-corrected chi connectivity index (χ0v) is 12.8. The summed E-state index contributed by atoms with van der Waals surface area (Å²) in [6, 6.07) is 7.32. The lowest BCUT2D eigenvalue weighted by Gasteiger charge is -2.32. The Hall–Kier alpha value is -0.880. The molecular formula is C15H20F3NOS. The highest BCUT2D eigenvalue weighted by molar-refractivity contribution is 7.99. The summed E-state index contributed by atoms with van der Waals surface area (Å²) in [5.41, 5.74) is 0.765. The van der Waals surface area contributed by atoms with Crippen molar-refractivity contribution >= 4 is 17.4 Å². The van der Waals surface area contributed by atoms with E-state index in [2.05, 4.69) is 5.32 Å². The number of hydrogen-bond donors (Lipinski definition) is 1. The van der Waals surface area contributed by atoms with Gasteiger partial charge in [0.05, 0.1) is 17.9 Å². The number of methoxy groups -OCH3 is 1. The van der Waals surface area contributed by atoms with Crippen LogP contribution < -0.4 is 5.32 Å². The second-order valence-corrected chi connectivity index (χ2v) is 6.23. The van der Waals surface area contributed by atoms with Gasteiger partial charge < -0.3 is 10.1 Å². The van der Waals surface area contributed by atoms with Crippen LogP contribution in [0.25, 0.3) is 0 Å². The second kappa shape index (κ2) is 7.40. The number of alkyl halides is 3. The maximum atomic E-state index is 12.4. The topological polar surface area (TPSA) is 21.3 Å². The lowest BCUT2D eigenvalue weighted by Crippen LogP contribution is -2.37. The van der Waals surface area contributed by atoms with Crippen molar-refractivity contribution in [1.82, 2.24) is 0 Å². The molecule has 1 aliphatic carbocycles. The molecular weight excluding hydrogens is 299 g/mol. The fourth-order valence-corrected chi connectivity index (χ4v) is 3.39. The van der Waals surface area contributed by atoms with Crippen LogP contribution in [0.2, 0.25) is 0 Å². The summed E-state index contributed by atoms with van der Waals surface area (Å²) in [6.45, 7) is 0. The number of hydrogen-bond acceptors (Lipinski definition) is 3. The highest BCUT2D eigenvalue weighted by atomic mass is 32.2. The molecule has 1 aliphatic rings. The van der Waals surface area contributed by atoms with Gasteiger partial charge in [-0.15, -0.1) is 11.8 Å². The summed E-state index contributed by atoms with van der Waals surface area (Å²) in [6.07, 6.45) is 0.205. The van der Waals surface area contributed by atoms with E-state index >= 15 is 0 Å². The minimum atomic E-state index is -4.16. The highest BCUT2D eigenvalue weighted by Gasteiger charge is 2.29. The summed E-state index contributed by atoms with van der Waals surface area (Å²) in [5, 5.41) is 3.37. The minimum absolute atomic E-state index is 0.124. The minimum Gasteiger partial charge on any atom is -0.379 e. The summed E-state index contributed by atoms with van der Waals surface area (Å²) in [7, 11) is 1.69. The Bertz CT molecular complexity index is 453. The normalized spacial score (nSPS) is 23.0. The number of nitrogens with one attached hydrogen (secondary N) is 1. The first-order valence-electron chi connectivity index (χ1n) is 7.07. The molecule has 0 saturated heterocycles. The lowest BCUT2D eigenvalue weighted by atomic mass is 9.92. The van der Waals surface area contributed by atoms with Crippen LogP contribution in [0.4, 0.5) is 18.9 Å². The molecule has 0 spiro atoms. The van der Waals surface area contributed by atoms with Gasteiger partial charge in [-0.1, -0.05) is 25.0 Å². The summed E-state index contributed by atoms with van der Waals surface area (Å²) in [4.78, 5) is 0.634. The van der Waals surface area contributed by atoms with Gasteiger partial charge in [-0.2, -0.15) is 13.2 Å². The van der Waals surface area contributed by atoms with Crippen molar-refractivity contribution in [1.29, 1.82) is 0 Å². The number of halogens is 3. The molecule has 118 valence electrons. The molecule has 2 unspecified atom stereocenters. The predicted octanol–water partition coefficient (Wildman–Crippen LogP) is 4.71. The SMILES string of the molecule is COC1CCCCC1Nc1ccccc1SCC(F)(F)F. The number of para-hydroxylation sites is 1. The largest absolute Gasteiger partial charge is 0.398 e. The molecule has 6 heteroatoms. The Balaban J connectivity index is 2.05. The van der Waals surface area contributed by atoms with Crippen LogP contribution in [0.3, 0.4) is 0 Å². The van der Waals surface area contributed by atoms with Crippen LogP contribution in [0.5, 0.6) is 0 Å². The van der Waals surface area contributed by atoms with E-state index < -0.39 is 11.9 Å². The van der Waals surface area contributed by atoms with Gasteiger partial charge in [0.15, 0.2) is 0 Å². The van der Waals surface area contributed by atoms with Crippen molar-refractivity contribution in [2.45, 2.75) is 48.9 Å². The molecule has 1 aromatic rings. The van der Waals surface area contributed by atoms with Crippen LogP contribution in [-0.4, -0.2) is 31.2 Å². The number of benzene rings is 1. The quantitative estimate of drug-likeness (QED) is 0.794. The Morgan fingerprint density at radius 1 is 1.24 bits per heavy atom. The van der Waals surface area contributed by atoms with Gasteiger partial charge in [-0.05, 0) is 25.0 Å². The summed E-state index contributed by atoms with van der Waals surface area (Å²) >= 11 is 0.823. The molecule has 0 heterocycles. The molecule has 2 nitrogen and oxygen atoms in total. The molecule has 0 aromatic heterocycles. The van der Waals surface area contributed by atoms with Crippen LogP contribution in [0.1, 0.15) is 25.7 Å². The Morgan fingerprint density at radius 3 is 2.67 bits per heavy atom. The average molecular weight is 319 g/mol. The summed E-state index contributed by atoms with van der Waals surface area (Å²) < 4.78 is 42.6. The zero-order valence-electron chi connectivity index (χ0n) is 12.0. The fourth-order valence-electron chi connectivity index (χ4n) is 2.62. The molecule has 1 N–H and O–H groups in total. The Kier molecular flexibility index (Phi) is 5.81. The number of anilines is 1. The van der Waals surface area contributed by atoms with Crippen LogP contribution in [0.15, 0.2) is 29.2 Å². The van der Waals surface area contributed by atoms with Crippen molar-refractivity contribution in [3.8, 4) is 0 Å². The van der Waals surface area contributed by atoms with Crippen molar-refractivity contribution in [2.24, 2.45) is 0 Å². The van der Waals surface area contributed by atoms with Crippen molar-refractivity contribution in [3.63, 3.8) is 0 Å². The smallest absolute Gasteiger partial charge is 0.379 e. The van der Waals surface area contributed by atoms with E-state index in [-0.39, 0.29) is 12.1 Å². The van der Waals surface area contributed by atoms with Gasteiger partial charge in [-0.3, -0.25) is 0 Å². The van der Waals surface area contributed by atoms with Crippen LogP contribution >= 0.6 is 11.8 Å². The van der Waals surface area contributed by atoms with Gasteiger partial charge in [0, 0.05) is 17.7 Å². The van der Waals surface area contributed by atoms with E-state index in [0.717, 1.165) is 43.1 Å². The number of ether oxygens (including phenoxy) is 1. The molecule has 0 bridgehead atoms. The standard InChI is InChI=1S/C15H20F3NOS/c1-20-13-8-4-2-6-11(13)19-12-7-3-5-9-14(12)21-10-15(16,17)18/h3,5,7,9,11,13,19H,2,4,6,8,10H2,1H3. The number of thioether (sulfide) groups is 1. The molecule has 0 amide bonds. The Labute approximate surface area is 127 Å². The first kappa shape index (κ1) is 16.5. The third kappa shape index (κ3) is 5.11. The Morgan fingerprint density at radius 2 is 1.95 bits per heavy atom. The third-order valence-corrected chi connectivity index (χ3v) is 4.76. The molecule has 21 heavy (non-hydrogen) atoms. The first-order chi connectivity index (χ1) is 9.99. The van der Waals surface area contributed by atoms with Gasteiger partial charge in [0.1, 0.15) is 0 Å². The molecule has 1 saturated carbocycles.